The Bertz CT molecular complexity index is 581. The second-order valence-electron chi connectivity index (χ2n) is 6.57. The summed E-state index contributed by atoms with van der Waals surface area (Å²) in [4.78, 5) is 26.6. The molecule has 23 heavy (non-hydrogen) atoms. The molecule has 1 N–H and O–H groups in total. The van der Waals surface area contributed by atoms with Crippen LogP contribution < -0.4 is 5.32 Å². The fourth-order valence-electron chi connectivity index (χ4n) is 3.29. The van der Waals surface area contributed by atoms with E-state index in [4.69, 9.17) is 4.74 Å². The molecule has 2 saturated heterocycles. The molecule has 1 aromatic rings. The van der Waals surface area contributed by atoms with E-state index in [2.05, 4.69) is 12.2 Å². The van der Waals surface area contributed by atoms with Gasteiger partial charge in [0.1, 0.15) is 6.10 Å². The number of ether oxygens (including phenoxy) is 1. The predicted molar refractivity (Wildman–Crippen MR) is 88.3 cm³/mol. The van der Waals surface area contributed by atoms with Gasteiger partial charge in [-0.15, -0.1) is 0 Å². The fourth-order valence-corrected chi connectivity index (χ4v) is 3.29. The van der Waals surface area contributed by atoms with E-state index in [1.54, 1.807) is 6.07 Å². The Morgan fingerprint density at radius 3 is 2.87 bits per heavy atom. The van der Waals surface area contributed by atoms with E-state index in [-0.39, 0.29) is 17.9 Å². The van der Waals surface area contributed by atoms with E-state index in [0.717, 1.165) is 32.4 Å². The first-order valence-electron chi connectivity index (χ1n) is 8.45. The Morgan fingerprint density at radius 1 is 1.26 bits per heavy atom. The van der Waals surface area contributed by atoms with Crippen molar-refractivity contribution in [2.75, 3.05) is 25.0 Å². The minimum absolute atomic E-state index is 0.0461. The van der Waals surface area contributed by atoms with Crippen LogP contribution in [0.1, 0.15) is 43.0 Å². The Balaban J connectivity index is 1.66. The molecule has 3 rings (SSSR count). The normalized spacial score (nSPS) is 24.5. The molecule has 0 bridgehead atoms. The number of benzene rings is 1. The van der Waals surface area contributed by atoms with Crippen molar-refractivity contribution in [3.05, 3.63) is 29.8 Å². The number of carbonyl (C=O) groups is 2. The van der Waals surface area contributed by atoms with Gasteiger partial charge in [0.2, 0.25) is 0 Å². The zero-order valence-electron chi connectivity index (χ0n) is 13.6. The number of anilines is 1. The molecule has 0 saturated carbocycles. The molecule has 1 aromatic carbocycles. The number of likely N-dealkylation sites (tertiary alicyclic amines) is 1. The van der Waals surface area contributed by atoms with Crippen molar-refractivity contribution < 1.29 is 14.3 Å². The molecule has 5 nitrogen and oxygen atoms in total. The summed E-state index contributed by atoms with van der Waals surface area (Å²) in [6.45, 7) is 4.45. The summed E-state index contributed by atoms with van der Waals surface area (Å²) in [6.07, 6.45) is 3.56. The lowest BCUT2D eigenvalue weighted by Gasteiger charge is -2.31. The van der Waals surface area contributed by atoms with Crippen molar-refractivity contribution in [1.82, 2.24) is 4.90 Å². The number of amides is 2. The smallest absolute Gasteiger partial charge is 0.253 e. The molecule has 2 heterocycles. The van der Waals surface area contributed by atoms with Crippen molar-refractivity contribution in [1.29, 1.82) is 0 Å². The molecule has 2 aliphatic heterocycles. The molecule has 5 heteroatoms. The summed E-state index contributed by atoms with van der Waals surface area (Å²) in [5.41, 5.74) is 1.28. The monoisotopic (exact) mass is 316 g/mol. The van der Waals surface area contributed by atoms with Gasteiger partial charge in [-0.25, -0.2) is 0 Å². The molecular formula is C18H24N2O3. The molecule has 0 spiro atoms. The lowest BCUT2D eigenvalue weighted by atomic mass is 9.99. The van der Waals surface area contributed by atoms with Crippen molar-refractivity contribution in [3.63, 3.8) is 0 Å². The van der Waals surface area contributed by atoms with Crippen LogP contribution in [-0.4, -0.2) is 42.5 Å². The molecule has 0 radical (unpaired) electrons. The van der Waals surface area contributed by atoms with Crippen LogP contribution in [0.25, 0.3) is 0 Å². The molecule has 0 unspecified atom stereocenters. The van der Waals surface area contributed by atoms with Crippen molar-refractivity contribution in [3.8, 4) is 0 Å². The second-order valence-corrected chi connectivity index (χ2v) is 6.57. The quantitative estimate of drug-likeness (QED) is 0.932. The number of hydrogen-bond donors (Lipinski definition) is 1. The van der Waals surface area contributed by atoms with Gasteiger partial charge in [-0.2, -0.15) is 0 Å². The minimum Gasteiger partial charge on any atom is -0.368 e. The zero-order valence-corrected chi connectivity index (χ0v) is 13.6. The fraction of sp³-hybridized carbons (Fsp3) is 0.556. The van der Waals surface area contributed by atoms with Gasteiger partial charge in [-0.05, 0) is 49.8 Å². The van der Waals surface area contributed by atoms with Gasteiger partial charge in [0.15, 0.2) is 0 Å². The molecule has 0 aromatic heterocycles. The Hall–Kier alpha value is -1.88. The van der Waals surface area contributed by atoms with Gasteiger partial charge >= 0.3 is 0 Å². The van der Waals surface area contributed by atoms with Crippen LogP contribution in [0.3, 0.4) is 0 Å². The van der Waals surface area contributed by atoms with Gasteiger partial charge in [0.25, 0.3) is 11.8 Å². The van der Waals surface area contributed by atoms with Crippen LogP contribution in [0.2, 0.25) is 0 Å². The van der Waals surface area contributed by atoms with E-state index in [1.807, 2.05) is 23.1 Å². The number of hydrogen-bond acceptors (Lipinski definition) is 3. The van der Waals surface area contributed by atoms with Crippen LogP contribution in [0.4, 0.5) is 5.69 Å². The summed E-state index contributed by atoms with van der Waals surface area (Å²) in [5, 5.41) is 2.86. The number of carbonyl (C=O) groups excluding carboxylic acids is 2. The summed E-state index contributed by atoms with van der Waals surface area (Å²) in [5.74, 6) is 0.471. The van der Waals surface area contributed by atoms with Gasteiger partial charge < -0.3 is 15.0 Å². The van der Waals surface area contributed by atoms with Crippen LogP contribution in [0.5, 0.6) is 0 Å². The predicted octanol–water partition coefficient (Wildman–Crippen LogP) is 2.68. The maximum absolute atomic E-state index is 12.6. The van der Waals surface area contributed by atoms with E-state index in [1.165, 1.54) is 6.42 Å². The third-order valence-electron chi connectivity index (χ3n) is 4.54. The minimum atomic E-state index is -0.364. The van der Waals surface area contributed by atoms with Crippen LogP contribution in [0, 0.1) is 5.92 Å². The van der Waals surface area contributed by atoms with Crippen LogP contribution in [0.15, 0.2) is 24.3 Å². The van der Waals surface area contributed by atoms with E-state index < -0.39 is 0 Å². The number of piperidine rings is 1. The molecule has 0 aliphatic carbocycles. The van der Waals surface area contributed by atoms with Gasteiger partial charge in [-0.3, -0.25) is 9.59 Å². The highest BCUT2D eigenvalue weighted by molar-refractivity contribution is 5.98. The van der Waals surface area contributed by atoms with E-state index in [0.29, 0.717) is 23.8 Å². The second kappa shape index (κ2) is 7.13. The zero-order chi connectivity index (χ0) is 16.2. The van der Waals surface area contributed by atoms with E-state index in [9.17, 15) is 9.59 Å². The summed E-state index contributed by atoms with van der Waals surface area (Å²) in [7, 11) is 0. The van der Waals surface area contributed by atoms with Crippen molar-refractivity contribution in [2.45, 2.75) is 38.7 Å². The van der Waals surface area contributed by atoms with Crippen LogP contribution >= 0.6 is 0 Å². The van der Waals surface area contributed by atoms with Gasteiger partial charge in [0.05, 0.1) is 0 Å². The highest BCUT2D eigenvalue weighted by Gasteiger charge is 2.25. The number of rotatable bonds is 3. The molecule has 2 fully saturated rings. The average molecular weight is 316 g/mol. The summed E-state index contributed by atoms with van der Waals surface area (Å²) in [6, 6.07) is 7.19. The van der Waals surface area contributed by atoms with Gasteiger partial charge in [-0.1, -0.05) is 13.0 Å². The topological polar surface area (TPSA) is 58.6 Å². The Kier molecular flexibility index (Phi) is 4.96. The first kappa shape index (κ1) is 16.0. The van der Waals surface area contributed by atoms with Crippen molar-refractivity contribution >= 4 is 17.5 Å². The van der Waals surface area contributed by atoms with Gasteiger partial charge in [0, 0.05) is 30.9 Å². The third-order valence-corrected chi connectivity index (χ3v) is 4.54. The molecular weight excluding hydrogens is 292 g/mol. The Labute approximate surface area is 137 Å². The summed E-state index contributed by atoms with van der Waals surface area (Å²) >= 11 is 0. The first-order valence-corrected chi connectivity index (χ1v) is 8.45. The maximum Gasteiger partial charge on any atom is 0.253 e. The third kappa shape index (κ3) is 3.91. The maximum atomic E-state index is 12.6. The largest absolute Gasteiger partial charge is 0.368 e. The highest BCUT2D eigenvalue weighted by atomic mass is 16.5. The lowest BCUT2D eigenvalue weighted by molar-refractivity contribution is -0.124. The Morgan fingerprint density at radius 2 is 2.13 bits per heavy atom. The van der Waals surface area contributed by atoms with E-state index >= 15 is 0 Å². The number of nitrogens with one attached hydrogen (secondary N) is 1. The SMILES string of the molecule is C[C@H]1CCCN(C(=O)c2cccc(NC(=O)[C@H]3CCCO3)c2)C1. The molecule has 124 valence electrons. The van der Waals surface area contributed by atoms with Crippen molar-refractivity contribution in [2.24, 2.45) is 5.92 Å². The molecule has 2 amide bonds. The highest BCUT2D eigenvalue weighted by Crippen LogP contribution is 2.20. The number of nitrogens with zero attached hydrogens (tertiary/aromatic N) is 1. The first-order chi connectivity index (χ1) is 11.1. The molecule has 2 aliphatic rings. The van der Waals surface area contributed by atoms with Crippen LogP contribution in [-0.2, 0) is 9.53 Å². The summed E-state index contributed by atoms with van der Waals surface area (Å²) < 4.78 is 5.38. The standard InChI is InChI=1S/C18H24N2O3/c1-13-5-3-9-20(12-13)18(22)14-6-2-7-15(11-14)19-17(21)16-8-4-10-23-16/h2,6-7,11,13,16H,3-5,8-10,12H2,1H3,(H,19,21)/t13-,16+/m0/s1. The molecule has 2 atom stereocenters. The average Bonchev–Trinajstić information content (AvgIpc) is 3.09. The lowest BCUT2D eigenvalue weighted by Crippen LogP contribution is -2.39.